The fourth-order valence-corrected chi connectivity index (χ4v) is 4.11. The van der Waals surface area contributed by atoms with Gasteiger partial charge in [-0.2, -0.15) is 13.2 Å². The summed E-state index contributed by atoms with van der Waals surface area (Å²) >= 11 is 1.19. The van der Waals surface area contributed by atoms with Gasteiger partial charge in [-0.25, -0.2) is 19.2 Å². The first-order valence-electron chi connectivity index (χ1n) is 11.0. The first kappa shape index (κ1) is 24.4. The van der Waals surface area contributed by atoms with Gasteiger partial charge in [0.1, 0.15) is 21.9 Å². The smallest absolute Gasteiger partial charge is 0.416 e. The van der Waals surface area contributed by atoms with E-state index in [9.17, 15) is 27.2 Å². The normalized spacial score (nSPS) is 13.3. The third-order valence-corrected chi connectivity index (χ3v) is 6.17. The second-order valence-electron chi connectivity index (χ2n) is 8.15. The molecule has 0 bridgehead atoms. The Kier molecular flexibility index (Phi) is 6.38. The highest BCUT2D eigenvalue weighted by atomic mass is 32.1. The van der Waals surface area contributed by atoms with Gasteiger partial charge in [-0.05, 0) is 55.3 Å². The first-order chi connectivity index (χ1) is 17.6. The van der Waals surface area contributed by atoms with E-state index in [1.165, 1.54) is 23.5 Å². The Morgan fingerprint density at radius 1 is 0.946 bits per heavy atom. The largest absolute Gasteiger partial charge is 0.439 e. The fraction of sp³-hybridized carbons (Fsp3) is 0.167. The minimum absolute atomic E-state index is 0.0390. The Hall–Kier alpha value is -4.26. The van der Waals surface area contributed by atoms with Gasteiger partial charge in [-0.15, -0.1) is 0 Å². The summed E-state index contributed by atoms with van der Waals surface area (Å²) in [6, 6.07) is 9.84. The van der Waals surface area contributed by atoms with Crippen molar-refractivity contribution in [1.29, 1.82) is 0 Å². The van der Waals surface area contributed by atoms with Gasteiger partial charge < -0.3 is 20.7 Å². The van der Waals surface area contributed by atoms with E-state index in [0.717, 1.165) is 43.2 Å². The van der Waals surface area contributed by atoms with Crippen LogP contribution in [0.25, 0.3) is 10.3 Å². The van der Waals surface area contributed by atoms with Gasteiger partial charge in [0.15, 0.2) is 5.13 Å². The minimum Gasteiger partial charge on any atom is -0.439 e. The molecule has 0 aliphatic heterocycles. The van der Waals surface area contributed by atoms with Crippen molar-refractivity contribution >= 4 is 50.1 Å². The average molecular weight is 531 g/mol. The van der Waals surface area contributed by atoms with E-state index < -0.39 is 23.6 Å². The van der Waals surface area contributed by atoms with Gasteiger partial charge in [0.2, 0.25) is 11.8 Å². The molecule has 3 N–H and O–H groups in total. The third kappa shape index (κ3) is 5.94. The van der Waals surface area contributed by atoms with Crippen LogP contribution in [0.3, 0.4) is 0 Å². The lowest BCUT2D eigenvalue weighted by molar-refractivity contribution is -0.137. The summed E-state index contributed by atoms with van der Waals surface area (Å²) in [7, 11) is 0. The average Bonchev–Trinajstić information content (AvgIpc) is 3.62. The van der Waals surface area contributed by atoms with Crippen LogP contribution in [-0.2, 0) is 11.0 Å². The quantitative estimate of drug-likeness (QED) is 0.242. The van der Waals surface area contributed by atoms with Crippen molar-refractivity contribution in [1.82, 2.24) is 9.97 Å². The van der Waals surface area contributed by atoms with Crippen molar-refractivity contribution in [2.45, 2.75) is 19.0 Å². The predicted octanol–water partition coefficient (Wildman–Crippen LogP) is 6.63. The zero-order valence-corrected chi connectivity index (χ0v) is 19.5. The standard InChI is InChI=1S/C24H17F4N5O3S/c25-16-8-7-15(11-18(16)30-22(35)29-14-5-3-13(4-6-14)24(26,27)28)36-19-10-9-17-21(32-19)37-23(31-17)33-20(34)12-1-2-12/h3-12H,1-2H2,(H2,29,30,35)(H,31,33,34). The number of ether oxygens (including phenoxy) is 1. The summed E-state index contributed by atoms with van der Waals surface area (Å²) in [4.78, 5) is 33.4. The number of nitrogens with zero attached hydrogens (tertiary/aromatic N) is 2. The Balaban J connectivity index is 1.25. The van der Waals surface area contributed by atoms with E-state index in [-0.39, 0.29) is 34.8 Å². The van der Waals surface area contributed by atoms with E-state index in [0.29, 0.717) is 15.5 Å². The molecule has 2 aromatic carbocycles. The van der Waals surface area contributed by atoms with Crippen molar-refractivity contribution in [2.24, 2.45) is 5.92 Å². The number of thiazole rings is 1. The number of benzene rings is 2. The molecule has 37 heavy (non-hydrogen) atoms. The summed E-state index contributed by atoms with van der Waals surface area (Å²) in [6.07, 6.45) is -2.76. The monoisotopic (exact) mass is 531 g/mol. The van der Waals surface area contributed by atoms with Gasteiger partial charge in [-0.1, -0.05) is 11.3 Å². The Labute approximate surface area is 210 Å². The number of hydrogen-bond donors (Lipinski definition) is 3. The molecule has 8 nitrogen and oxygen atoms in total. The van der Waals surface area contributed by atoms with Crippen LogP contribution >= 0.6 is 11.3 Å². The molecular formula is C24H17F4N5O3S. The van der Waals surface area contributed by atoms with E-state index >= 15 is 0 Å². The summed E-state index contributed by atoms with van der Waals surface area (Å²) in [5, 5.41) is 7.84. The number of pyridine rings is 1. The van der Waals surface area contributed by atoms with Gasteiger partial charge >= 0.3 is 12.2 Å². The lowest BCUT2D eigenvalue weighted by atomic mass is 10.2. The SMILES string of the molecule is O=C(Nc1ccc(C(F)(F)F)cc1)Nc1cc(Oc2ccc3nc(NC(=O)C4CC4)sc3n2)ccc1F. The highest BCUT2D eigenvalue weighted by Crippen LogP contribution is 2.33. The topological polar surface area (TPSA) is 105 Å². The van der Waals surface area contributed by atoms with Gasteiger partial charge in [0.05, 0.1) is 11.3 Å². The molecule has 5 rings (SSSR count). The molecule has 3 amide bonds. The molecule has 0 saturated heterocycles. The number of anilines is 3. The van der Waals surface area contributed by atoms with Crippen molar-refractivity contribution in [3.63, 3.8) is 0 Å². The Morgan fingerprint density at radius 3 is 2.41 bits per heavy atom. The van der Waals surface area contributed by atoms with E-state index in [4.69, 9.17) is 4.74 Å². The zero-order chi connectivity index (χ0) is 26.2. The number of hydrogen-bond acceptors (Lipinski definition) is 6. The van der Waals surface area contributed by atoms with Gasteiger partial charge in [0.25, 0.3) is 0 Å². The summed E-state index contributed by atoms with van der Waals surface area (Å²) < 4.78 is 58.0. The van der Waals surface area contributed by atoms with Crippen LogP contribution in [-0.4, -0.2) is 21.9 Å². The molecule has 13 heteroatoms. The van der Waals surface area contributed by atoms with Crippen molar-refractivity contribution in [3.05, 3.63) is 66.0 Å². The van der Waals surface area contributed by atoms with E-state index in [2.05, 4.69) is 25.9 Å². The summed E-state index contributed by atoms with van der Waals surface area (Å²) in [5.41, 5.74) is -0.414. The zero-order valence-electron chi connectivity index (χ0n) is 18.7. The molecule has 1 fully saturated rings. The molecule has 1 aliphatic carbocycles. The highest BCUT2D eigenvalue weighted by molar-refractivity contribution is 7.21. The molecule has 0 radical (unpaired) electrons. The van der Waals surface area contributed by atoms with Gasteiger partial charge in [-0.3, -0.25) is 4.79 Å². The maximum absolute atomic E-state index is 14.3. The molecular weight excluding hydrogens is 514 g/mol. The van der Waals surface area contributed by atoms with Crippen molar-refractivity contribution < 1.29 is 31.9 Å². The fourth-order valence-electron chi connectivity index (χ4n) is 3.28. The van der Waals surface area contributed by atoms with Crippen LogP contribution in [0.4, 0.5) is 38.9 Å². The number of carbonyl (C=O) groups excluding carboxylic acids is 2. The molecule has 1 saturated carbocycles. The van der Waals surface area contributed by atoms with Crippen molar-refractivity contribution in [3.8, 4) is 11.6 Å². The number of rotatable bonds is 6. The number of urea groups is 1. The van der Waals surface area contributed by atoms with Crippen molar-refractivity contribution in [2.75, 3.05) is 16.0 Å². The lowest BCUT2D eigenvalue weighted by Gasteiger charge is -2.11. The lowest BCUT2D eigenvalue weighted by Crippen LogP contribution is -2.20. The van der Waals surface area contributed by atoms with E-state index in [1.54, 1.807) is 12.1 Å². The molecule has 0 unspecified atom stereocenters. The summed E-state index contributed by atoms with van der Waals surface area (Å²) in [5.74, 6) is -0.425. The predicted molar refractivity (Wildman–Crippen MR) is 129 cm³/mol. The number of fused-ring (bicyclic) bond motifs is 1. The molecule has 2 heterocycles. The molecule has 190 valence electrons. The number of carbonyl (C=O) groups is 2. The molecule has 1 aliphatic rings. The van der Waals surface area contributed by atoms with Crippen LogP contribution in [0.5, 0.6) is 11.6 Å². The number of amides is 3. The number of aromatic nitrogens is 2. The maximum Gasteiger partial charge on any atom is 0.416 e. The molecule has 4 aromatic rings. The second-order valence-corrected chi connectivity index (χ2v) is 9.13. The third-order valence-electron chi connectivity index (χ3n) is 5.29. The van der Waals surface area contributed by atoms with Crippen LogP contribution in [0, 0.1) is 11.7 Å². The number of nitrogens with one attached hydrogen (secondary N) is 3. The number of alkyl halides is 3. The number of halogens is 4. The highest BCUT2D eigenvalue weighted by Gasteiger charge is 2.31. The Morgan fingerprint density at radius 2 is 1.70 bits per heavy atom. The van der Waals surface area contributed by atoms with Crippen LogP contribution in [0.2, 0.25) is 0 Å². The Bertz CT molecular complexity index is 1490. The van der Waals surface area contributed by atoms with Crippen LogP contribution in [0.1, 0.15) is 18.4 Å². The molecule has 2 aromatic heterocycles. The van der Waals surface area contributed by atoms with Crippen LogP contribution in [0.15, 0.2) is 54.6 Å². The van der Waals surface area contributed by atoms with E-state index in [1.807, 2.05) is 0 Å². The maximum atomic E-state index is 14.3. The van der Waals surface area contributed by atoms with Gasteiger partial charge in [0, 0.05) is 23.7 Å². The summed E-state index contributed by atoms with van der Waals surface area (Å²) in [6.45, 7) is 0. The molecule has 0 atom stereocenters. The van der Waals surface area contributed by atoms with Crippen LogP contribution < -0.4 is 20.7 Å². The molecule has 0 spiro atoms. The second kappa shape index (κ2) is 9.65. The minimum atomic E-state index is -4.50. The first-order valence-corrected chi connectivity index (χ1v) is 11.8.